The molecule has 32 heavy (non-hydrogen) atoms. The molecule has 2 heterocycles. The van der Waals surface area contributed by atoms with Crippen LogP contribution in [-0.4, -0.2) is 63.0 Å². The number of nitrogens with zero attached hydrogens (tertiary/aromatic N) is 3. The summed E-state index contributed by atoms with van der Waals surface area (Å²) in [6, 6.07) is 14.0. The van der Waals surface area contributed by atoms with Gasteiger partial charge in [-0.15, -0.1) is 24.0 Å². The Hall–Kier alpha value is -1.76. The van der Waals surface area contributed by atoms with Crippen LogP contribution in [0.5, 0.6) is 0 Å². The van der Waals surface area contributed by atoms with E-state index in [4.69, 9.17) is 0 Å². The first kappa shape index (κ1) is 26.5. The number of likely N-dealkylation sites (tertiary alicyclic amines) is 1. The van der Waals surface area contributed by atoms with Crippen molar-refractivity contribution in [2.75, 3.05) is 32.7 Å². The SMILES string of the molecule is CCNC(=NCCNS(=O)(=O)c1cccnc1)NC1CCCN(Cc2ccccc2)C1.I. The molecule has 3 rings (SSSR count). The minimum absolute atomic E-state index is 0. The highest BCUT2D eigenvalue weighted by atomic mass is 127. The molecule has 0 bridgehead atoms. The number of piperidine rings is 1. The van der Waals surface area contributed by atoms with Gasteiger partial charge in [0.25, 0.3) is 0 Å². The molecule has 8 nitrogen and oxygen atoms in total. The summed E-state index contributed by atoms with van der Waals surface area (Å²) in [6.07, 6.45) is 5.10. The Labute approximate surface area is 208 Å². The van der Waals surface area contributed by atoms with Gasteiger partial charge < -0.3 is 10.6 Å². The molecular weight excluding hydrogens is 539 g/mol. The zero-order valence-electron chi connectivity index (χ0n) is 18.4. The number of pyridine rings is 1. The molecule has 0 spiro atoms. The molecule has 0 aliphatic carbocycles. The van der Waals surface area contributed by atoms with Crippen LogP contribution in [0.15, 0.2) is 64.7 Å². The number of rotatable bonds is 9. The van der Waals surface area contributed by atoms with Crippen molar-refractivity contribution < 1.29 is 8.42 Å². The Kier molecular flexibility index (Phi) is 11.4. The molecule has 3 N–H and O–H groups in total. The van der Waals surface area contributed by atoms with Gasteiger partial charge in [0.05, 0.1) is 6.54 Å². The molecule has 1 aromatic heterocycles. The summed E-state index contributed by atoms with van der Waals surface area (Å²) in [6.45, 7) is 6.32. The van der Waals surface area contributed by atoms with Gasteiger partial charge in [-0.1, -0.05) is 30.3 Å². The summed E-state index contributed by atoms with van der Waals surface area (Å²) < 4.78 is 27.1. The lowest BCUT2D eigenvalue weighted by Gasteiger charge is -2.34. The minimum atomic E-state index is -3.56. The van der Waals surface area contributed by atoms with Crippen molar-refractivity contribution in [1.29, 1.82) is 0 Å². The first-order valence-corrected chi connectivity index (χ1v) is 12.3. The number of aromatic nitrogens is 1. The van der Waals surface area contributed by atoms with E-state index in [1.165, 1.54) is 17.8 Å². The summed E-state index contributed by atoms with van der Waals surface area (Å²) in [7, 11) is -3.56. The van der Waals surface area contributed by atoms with Gasteiger partial charge in [-0.3, -0.25) is 14.9 Å². The standard InChI is InChI=1S/C22H32N6O2S.HI/c1-2-24-22(25-13-14-26-31(29,30)21-11-6-12-23-16-21)27-20-10-7-15-28(18-20)17-19-8-4-3-5-9-19;/h3-6,8-9,11-12,16,20,26H,2,7,10,13-15,17-18H2,1H3,(H2,24,25,27);1H. The average molecular weight is 573 g/mol. The number of benzene rings is 1. The normalized spacial score (nSPS) is 17.4. The Balaban J connectivity index is 0.00000363. The number of nitrogens with one attached hydrogen (secondary N) is 3. The monoisotopic (exact) mass is 572 g/mol. The van der Waals surface area contributed by atoms with E-state index < -0.39 is 10.0 Å². The highest BCUT2D eigenvalue weighted by Crippen LogP contribution is 2.13. The zero-order valence-corrected chi connectivity index (χ0v) is 21.6. The third kappa shape index (κ3) is 8.64. The van der Waals surface area contributed by atoms with E-state index in [1.54, 1.807) is 12.3 Å². The van der Waals surface area contributed by atoms with Gasteiger partial charge in [0.1, 0.15) is 4.90 Å². The number of hydrogen-bond donors (Lipinski definition) is 3. The molecule has 2 aromatic rings. The van der Waals surface area contributed by atoms with Gasteiger partial charge in [0.15, 0.2) is 5.96 Å². The maximum atomic E-state index is 12.3. The van der Waals surface area contributed by atoms with Gasteiger partial charge in [0.2, 0.25) is 10.0 Å². The van der Waals surface area contributed by atoms with Crippen molar-refractivity contribution in [3.63, 3.8) is 0 Å². The molecular formula is C22H33IN6O2S. The highest BCUT2D eigenvalue weighted by molar-refractivity contribution is 14.0. The highest BCUT2D eigenvalue weighted by Gasteiger charge is 2.21. The van der Waals surface area contributed by atoms with Gasteiger partial charge >= 0.3 is 0 Å². The first-order chi connectivity index (χ1) is 15.1. The Morgan fingerprint density at radius 1 is 1.22 bits per heavy atom. The predicted molar refractivity (Wildman–Crippen MR) is 139 cm³/mol. The number of guanidine groups is 1. The van der Waals surface area contributed by atoms with Gasteiger partial charge in [-0.05, 0) is 44.0 Å². The molecule has 1 unspecified atom stereocenters. The van der Waals surface area contributed by atoms with E-state index in [1.807, 2.05) is 13.0 Å². The second-order valence-corrected chi connectivity index (χ2v) is 9.32. The number of halogens is 1. The molecule has 176 valence electrons. The van der Waals surface area contributed by atoms with Gasteiger partial charge in [0, 0.05) is 44.6 Å². The van der Waals surface area contributed by atoms with Crippen molar-refractivity contribution in [2.24, 2.45) is 4.99 Å². The lowest BCUT2D eigenvalue weighted by Crippen LogP contribution is -2.51. The summed E-state index contributed by atoms with van der Waals surface area (Å²) in [5, 5.41) is 6.77. The molecule has 0 saturated carbocycles. The van der Waals surface area contributed by atoms with Crippen LogP contribution < -0.4 is 15.4 Å². The lowest BCUT2D eigenvalue weighted by atomic mass is 10.0. The maximum Gasteiger partial charge on any atom is 0.242 e. The van der Waals surface area contributed by atoms with Crippen LogP contribution in [0.4, 0.5) is 0 Å². The molecule has 10 heteroatoms. The van der Waals surface area contributed by atoms with Crippen molar-refractivity contribution in [3.8, 4) is 0 Å². The molecule has 1 fully saturated rings. The molecule has 0 radical (unpaired) electrons. The Morgan fingerprint density at radius 3 is 2.75 bits per heavy atom. The fraction of sp³-hybridized carbons (Fsp3) is 0.455. The zero-order chi connectivity index (χ0) is 21.9. The van der Waals surface area contributed by atoms with Crippen molar-refractivity contribution in [3.05, 3.63) is 60.4 Å². The van der Waals surface area contributed by atoms with E-state index >= 15 is 0 Å². The van der Waals surface area contributed by atoms with Crippen molar-refractivity contribution in [1.82, 2.24) is 25.2 Å². The van der Waals surface area contributed by atoms with Crippen LogP contribution in [0.3, 0.4) is 0 Å². The van der Waals surface area contributed by atoms with Gasteiger partial charge in [-0.25, -0.2) is 13.1 Å². The van der Waals surface area contributed by atoms with Gasteiger partial charge in [-0.2, -0.15) is 0 Å². The maximum absolute atomic E-state index is 12.3. The predicted octanol–water partition coefficient (Wildman–Crippen LogP) is 2.20. The number of sulfonamides is 1. The molecule has 1 atom stereocenters. The van der Waals surface area contributed by atoms with Crippen molar-refractivity contribution >= 4 is 40.0 Å². The van der Waals surface area contributed by atoms with Crippen LogP contribution in [0.25, 0.3) is 0 Å². The van der Waals surface area contributed by atoms with E-state index in [0.717, 1.165) is 45.0 Å². The summed E-state index contributed by atoms with van der Waals surface area (Å²) in [5.74, 6) is 0.717. The molecule has 1 aliphatic rings. The van der Waals surface area contributed by atoms with E-state index in [9.17, 15) is 8.42 Å². The summed E-state index contributed by atoms with van der Waals surface area (Å²) >= 11 is 0. The van der Waals surface area contributed by atoms with Crippen molar-refractivity contribution in [2.45, 2.75) is 37.2 Å². The largest absolute Gasteiger partial charge is 0.357 e. The quantitative estimate of drug-likeness (QED) is 0.185. The second-order valence-electron chi connectivity index (χ2n) is 7.55. The van der Waals surface area contributed by atoms with E-state index in [2.05, 4.69) is 54.5 Å². The summed E-state index contributed by atoms with van der Waals surface area (Å²) in [4.78, 5) is 11.0. The van der Waals surface area contributed by atoms with E-state index in [0.29, 0.717) is 12.6 Å². The molecule has 0 amide bonds. The van der Waals surface area contributed by atoms with Crippen LogP contribution in [-0.2, 0) is 16.6 Å². The number of hydrogen-bond acceptors (Lipinski definition) is 5. The Bertz CT molecular complexity index is 928. The molecule has 1 aliphatic heterocycles. The minimum Gasteiger partial charge on any atom is -0.357 e. The van der Waals surface area contributed by atoms with Crippen LogP contribution in [0.2, 0.25) is 0 Å². The fourth-order valence-corrected chi connectivity index (χ4v) is 4.59. The van der Waals surface area contributed by atoms with E-state index in [-0.39, 0.29) is 35.4 Å². The Morgan fingerprint density at radius 2 is 2.03 bits per heavy atom. The fourth-order valence-electron chi connectivity index (χ4n) is 3.61. The lowest BCUT2D eigenvalue weighted by molar-refractivity contribution is 0.192. The molecule has 1 saturated heterocycles. The van der Waals surface area contributed by atoms with Crippen LogP contribution >= 0.6 is 24.0 Å². The third-order valence-electron chi connectivity index (χ3n) is 5.06. The smallest absolute Gasteiger partial charge is 0.242 e. The average Bonchev–Trinajstić information content (AvgIpc) is 2.78. The number of aliphatic imine (C=N–C) groups is 1. The molecule has 1 aromatic carbocycles. The first-order valence-electron chi connectivity index (χ1n) is 10.8. The second kappa shape index (κ2) is 13.7. The third-order valence-corrected chi connectivity index (χ3v) is 6.50. The summed E-state index contributed by atoms with van der Waals surface area (Å²) in [5.41, 5.74) is 1.32. The topological polar surface area (TPSA) is 98.7 Å². The van der Waals surface area contributed by atoms with Crippen LogP contribution in [0.1, 0.15) is 25.3 Å². The van der Waals surface area contributed by atoms with Crippen LogP contribution in [0, 0.1) is 0 Å².